The third-order valence-corrected chi connectivity index (χ3v) is 4.33. The molecule has 1 aliphatic carbocycles. The van der Waals surface area contributed by atoms with Crippen LogP contribution in [-0.2, 0) is 0 Å². The maximum atomic E-state index is 13.8. The van der Waals surface area contributed by atoms with E-state index in [4.69, 9.17) is 4.52 Å². The molecule has 0 N–H and O–H groups in total. The van der Waals surface area contributed by atoms with Crippen LogP contribution >= 0.6 is 0 Å². The van der Waals surface area contributed by atoms with E-state index in [1.54, 1.807) is 11.0 Å². The van der Waals surface area contributed by atoms with Crippen LogP contribution in [0, 0.1) is 5.82 Å². The lowest BCUT2D eigenvalue weighted by molar-refractivity contribution is 0.103. The number of nitrogens with zero attached hydrogens (tertiary/aromatic N) is 4. The van der Waals surface area contributed by atoms with Gasteiger partial charge < -0.3 is 4.52 Å². The molecular weight excluding hydrogens is 311 g/mol. The first-order valence-corrected chi connectivity index (χ1v) is 7.78. The van der Waals surface area contributed by atoms with Crippen LogP contribution in [0.25, 0.3) is 0 Å². The second-order valence-corrected chi connectivity index (χ2v) is 5.99. The molecule has 0 bridgehead atoms. The van der Waals surface area contributed by atoms with Gasteiger partial charge in [-0.05, 0) is 43.5 Å². The summed E-state index contributed by atoms with van der Waals surface area (Å²) in [6, 6.07) is 3.83. The highest BCUT2D eigenvalue weighted by atomic mass is 19.1. The number of halogens is 1. The van der Waals surface area contributed by atoms with E-state index in [-0.39, 0.29) is 17.7 Å². The van der Waals surface area contributed by atoms with Gasteiger partial charge in [-0.1, -0.05) is 5.16 Å². The van der Waals surface area contributed by atoms with E-state index >= 15 is 0 Å². The van der Waals surface area contributed by atoms with Crippen molar-refractivity contribution in [3.63, 3.8) is 0 Å². The van der Waals surface area contributed by atoms with E-state index in [2.05, 4.69) is 15.2 Å². The van der Waals surface area contributed by atoms with Crippen molar-refractivity contribution in [2.75, 3.05) is 0 Å². The number of hydrogen-bond donors (Lipinski definition) is 0. The molecule has 2 aromatic heterocycles. The van der Waals surface area contributed by atoms with Crippen molar-refractivity contribution in [3.8, 4) is 0 Å². The molecule has 0 aliphatic heterocycles. The molecule has 1 aliphatic rings. The Bertz CT molecular complexity index is 884. The van der Waals surface area contributed by atoms with Crippen LogP contribution in [0.4, 0.5) is 4.39 Å². The van der Waals surface area contributed by atoms with Crippen molar-refractivity contribution >= 4 is 5.78 Å². The SMILES string of the molecule is CC(c1cc(F)ccc1C(=O)c1cnoc1C1CC1)n1cncn1. The van der Waals surface area contributed by atoms with Gasteiger partial charge in [0, 0.05) is 11.5 Å². The quantitative estimate of drug-likeness (QED) is 0.674. The Morgan fingerprint density at radius 3 is 2.92 bits per heavy atom. The highest BCUT2D eigenvalue weighted by Crippen LogP contribution is 2.42. The lowest BCUT2D eigenvalue weighted by Crippen LogP contribution is -2.14. The fourth-order valence-electron chi connectivity index (χ4n) is 2.85. The number of carbonyl (C=O) groups is 1. The van der Waals surface area contributed by atoms with E-state index in [0.717, 1.165) is 12.8 Å². The Labute approximate surface area is 137 Å². The largest absolute Gasteiger partial charge is 0.360 e. The minimum absolute atomic E-state index is 0.208. The molecule has 6 nitrogen and oxygen atoms in total. The van der Waals surface area contributed by atoms with Gasteiger partial charge in [0.25, 0.3) is 0 Å². The topological polar surface area (TPSA) is 73.8 Å². The van der Waals surface area contributed by atoms with Crippen LogP contribution in [0.1, 0.15) is 59.0 Å². The summed E-state index contributed by atoms with van der Waals surface area (Å²) in [5.41, 5.74) is 1.43. The maximum absolute atomic E-state index is 13.8. The van der Waals surface area contributed by atoms with Crippen molar-refractivity contribution in [3.05, 3.63) is 65.3 Å². The van der Waals surface area contributed by atoms with E-state index in [1.165, 1.54) is 30.7 Å². The zero-order chi connectivity index (χ0) is 16.7. The van der Waals surface area contributed by atoms with Gasteiger partial charge in [0.1, 0.15) is 18.5 Å². The monoisotopic (exact) mass is 326 g/mol. The molecule has 0 radical (unpaired) electrons. The summed E-state index contributed by atoms with van der Waals surface area (Å²) in [6.45, 7) is 1.84. The first kappa shape index (κ1) is 14.7. The second kappa shape index (κ2) is 5.67. The number of carbonyl (C=O) groups excluding carboxylic acids is 1. The summed E-state index contributed by atoms with van der Waals surface area (Å²) >= 11 is 0. The molecule has 1 aromatic carbocycles. The lowest BCUT2D eigenvalue weighted by Gasteiger charge is -2.16. The summed E-state index contributed by atoms with van der Waals surface area (Å²) in [7, 11) is 0. The van der Waals surface area contributed by atoms with Gasteiger partial charge in [-0.25, -0.2) is 14.1 Å². The first-order valence-electron chi connectivity index (χ1n) is 7.78. The standard InChI is InChI=1S/C17H15FN4O2/c1-10(22-9-19-8-20-22)14-6-12(18)4-5-13(14)16(23)15-7-21-24-17(15)11-2-3-11/h4-11H,2-3H2,1H3. The van der Waals surface area contributed by atoms with E-state index in [1.807, 2.05) is 6.92 Å². The summed E-state index contributed by atoms with van der Waals surface area (Å²) in [4.78, 5) is 16.9. The Balaban J connectivity index is 1.77. The highest BCUT2D eigenvalue weighted by Gasteiger charge is 2.33. The summed E-state index contributed by atoms with van der Waals surface area (Å²) in [6.07, 6.45) is 6.40. The number of hydrogen-bond acceptors (Lipinski definition) is 5. The Hall–Kier alpha value is -2.83. The molecule has 7 heteroatoms. The smallest absolute Gasteiger partial charge is 0.198 e. The van der Waals surface area contributed by atoms with Gasteiger partial charge in [0.15, 0.2) is 11.5 Å². The van der Waals surface area contributed by atoms with Crippen molar-refractivity contribution in [2.45, 2.75) is 31.7 Å². The zero-order valence-corrected chi connectivity index (χ0v) is 13.0. The summed E-state index contributed by atoms with van der Waals surface area (Å²) < 4.78 is 20.6. The van der Waals surface area contributed by atoms with Gasteiger partial charge in [0.05, 0.1) is 17.8 Å². The van der Waals surface area contributed by atoms with Crippen LogP contribution in [0.3, 0.4) is 0 Å². The molecule has 1 saturated carbocycles. The Morgan fingerprint density at radius 1 is 1.38 bits per heavy atom. The number of rotatable bonds is 5. The van der Waals surface area contributed by atoms with Gasteiger partial charge in [-0.2, -0.15) is 5.10 Å². The average Bonchev–Trinajstić information content (AvgIpc) is 3.10. The van der Waals surface area contributed by atoms with Crippen LogP contribution in [0.2, 0.25) is 0 Å². The van der Waals surface area contributed by atoms with E-state index in [9.17, 15) is 9.18 Å². The number of aromatic nitrogens is 4. The minimum Gasteiger partial charge on any atom is -0.360 e. The molecule has 0 amide bonds. The van der Waals surface area contributed by atoms with Crippen molar-refractivity contribution < 1.29 is 13.7 Å². The van der Waals surface area contributed by atoms with Gasteiger partial charge in [-0.15, -0.1) is 0 Å². The molecule has 0 spiro atoms. The van der Waals surface area contributed by atoms with Crippen molar-refractivity contribution in [1.29, 1.82) is 0 Å². The van der Waals surface area contributed by atoms with E-state index < -0.39 is 5.82 Å². The molecule has 122 valence electrons. The molecule has 2 heterocycles. The van der Waals surface area contributed by atoms with E-state index in [0.29, 0.717) is 22.5 Å². The fraction of sp³-hybridized carbons (Fsp3) is 0.294. The molecule has 1 atom stereocenters. The van der Waals surface area contributed by atoms with Gasteiger partial charge >= 0.3 is 0 Å². The molecule has 24 heavy (non-hydrogen) atoms. The third-order valence-electron chi connectivity index (χ3n) is 4.33. The van der Waals surface area contributed by atoms with Gasteiger partial charge in [0.2, 0.25) is 0 Å². The Morgan fingerprint density at radius 2 is 2.21 bits per heavy atom. The van der Waals surface area contributed by atoms with Crippen molar-refractivity contribution in [2.24, 2.45) is 0 Å². The second-order valence-electron chi connectivity index (χ2n) is 5.99. The normalized spacial score (nSPS) is 15.4. The summed E-state index contributed by atoms with van der Waals surface area (Å²) in [5, 5.41) is 7.86. The molecule has 1 fully saturated rings. The van der Waals surface area contributed by atoms with Crippen LogP contribution in [0.5, 0.6) is 0 Å². The predicted octanol–water partition coefficient (Wildman–Crippen LogP) is 3.12. The summed E-state index contributed by atoms with van der Waals surface area (Å²) in [5.74, 6) is 0.285. The molecule has 0 saturated heterocycles. The third kappa shape index (κ3) is 2.51. The molecule has 3 aromatic rings. The molecule has 4 rings (SSSR count). The lowest BCUT2D eigenvalue weighted by atomic mass is 9.94. The van der Waals surface area contributed by atoms with Crippen molar-refractivity contribution in [1.82, 2.24) is 19.9 Å². The predicted molar refractivity (Wildman–Crippen MR) is 82.1 cm³/mol. The van der Waals surface area contributed by atoms with Crippen LogP contribution in [0.15, 0.2) is 41.6 Å². The number of benzene rings is 1. The first-order chi connectivity index (χ1) is 11.6. The number of ketones is 1. The van der Waals surface area contributed by atoms with Crippen LogP contribution in [-0.4, -0.2) is 25.7 Å². The zero-order valence-electron chi connectivity index (χ0n) is 13.0. The Kier molecular flexibility index (Phi) is 3.48. The highest BCUT2D eigenvalue weighted by molar-refractivity contribution is 6.10. The fourth-order valence-corrected chi connectivity index (χ4v) is 2.85. The van der Waals surface area contributed by atoms with Gasteiger partial charge in [-0.3, -0.25) is 4.79 Å². The molecule has 1 unspecified atom stereocenters. The average molecular weight is 326 g/mol. The maximum Gasteiger partial charge on any atom is 0.198 e. The minimum atomic E-state index is -0.402. The molecular formula is C17H15FN4O2. The van der Waals surface area contributed by atoms with Crippen LogP contribution < -0.4 is 0 Å².